The van der Waals surface area contributed by atoms with Gasteiger partial charge in [-0.25, -0.2) is 9.98 Å². The zero-order chi connectivity index (χ0) is 17.0. The molecule has 0 radical (unpaired) electrons. The van der Waals surface area contributed by atoms with Crippen LogP contribution in [0.3, 0.4) is 0 Å². The van der Waals surface area contributed by atoms with Crippen molar-refractivity contribution >= 4 is 39.3 Å². The van der Waals surface area contributed by atoms with Crippen LogP contribution in [0.1, 0.15) is 39.0 Å². The van der Waals surface area contributed by atoms with E-state index in [1.165, 1.54) is 0 Å². The van der Waals surface area contributed by atoms with Crippen LogP contribution in [0.4, 0.5) is 0 Å². The molecule has 0 atom stereocenters. The molecule has 0 amide bonds. The topological polar surface area (TPSA) is 41.8 Å². The Hall–Kier alpha value is -2.59. The number of amidine groups is 1. The van der Waals surface area contributed by atoms with E-state index in [4.69, 9.17) is 0 Å². The van der Waals surface area contributed by atoms with Gasteiger partial charge in [-0.2, -0.15) is 0 Å². The highest BCUT2D eigenvalue weighted by Crippen LogP contribution is 2.37. The van der Waals surface area contributed by atoms with Crippen LogP contribution in [-0.2, 0) is 6.42 Å². The number of benzene rings is 2. The Balaban J connectivity index is 1.71. The molecule has 2 aromatic rings. The van der Waals surface area contributed by atoms with Gasteiger partial charge in [-0.05, 0) is 23.1 Å². The Bertz CT molecular complexity index is 1070. The van der Waals surface area contributed by atoms with E-state index in [0.717, 1.165) is 62.1 Å². The summed E-state index contributed by atoms with van der Waals surface area (Å²) >= 11 is 3.53. The van der Waals surface area contributed by atoms with E-state index in [1.54, 1.807) is 6.20 Å². The molecule has 25 heavy (non-hydrogen) atoms. The highest BCUT2D eigenvalue weighted by Gasteiger charge is 2.29. The summed E-state index contributed by atoms with van der Waals surface area (Å²) in [5, 5.41) is 0. The fourth-order valence-corrected chi connectivity index (χ4v) is 4.12. The molecule has 2 aromatic carbocycles. The van der Waals surface area contributed by atoms with Gasteiger partial charge < -0.3 is 0 Å². The van der Waals surface area contributed by atoms with Crippen molar-refractivity contribution in [3.8, 4) is 0 Å². The molecule has 5 rings (SSSR count). The first kappa shape index (κ1) is 14.7. The molecule has 2 heterocycles. The first-order chi connectivity index (χ1) is 12.2. The number of fused-ring (bicyclic) bond motifs is 3. The van der Waals surface area contributed by atoms with E-state index in [0.29, 0.717) is 0 Å². The summed E-state index contributed by atoms with van der Waals surface area (Å²) in [6.45, 7) is 0. The van der Waals surface area contributed by atoms with Gasteiger partial charge in [-0.1, -0.05) is 58.4 Å². The van der Waals surface area contributed by atoms with Crippen LogP contribution in [0.2, 0.25) is 0 Å². The largest absolute Gasteiger partial charge is 0.289 e. The highest BCUT2D eigenvalue weighted by molar-refractivity contribution is 9.11. The number of aliphatic imine (C=N–C) groups is 2. The number of allylic oxidation sites excluding steroid dienone is 2. The second-order valence-corrected chi connectivity index (χ2v) is 7.38. The van der Waals surface area contributed by atoms with Crippen molar-refractivity contribution in [2.45, 2.75) is 12.8 Å². The molecule has 0 spiro atoms. The number of hydrogen-bond donors (Lipinski definition) is 0. The lowest BCUT2D eigenvalue weighted by Crippen LogP contribution is -2.17. The highest BCUT2D eigenvalue weighted by atomic mass is 79.9. The molecule has 4 heteroatoms. The number of hydrogen-bond acceptors (Lipinski definition) is 3. The van der Waals surface area contributed by atoms with Crippen LogP contribution in [0, 0.1) is 0 Å². The third kappa shape index (κ3) is 2.21. The maximum atomic E-state index is 13.2. The monoisotopic (exact) mass is 388 g/mol. The van der Waals surface area contributed by atoms with Crippen LogP contribution in [0.15, 0.2) is 68.7 Å². The Kier molecular flexibility index (Phi) is 3.22. The van der Waals surface area contributed by atoms with E-state index in [2.05, 4.69) is 32.0 Å². The Morgan fingerprint density at radius 2 is 1.72 bits per heavy atom. The summed E-state index contributed by atoms with van der Waals surface area (Å²) in [4.78, 5) is 22.0. The fourth-order valence-electron chi connectivity index (χ4n) is 3.74. The van der Waals surface area contributed by atoms with Crippen LogP contribution in [0.25, 0.3) is 5.57 Å². The molecular weight excluding hydrogens is 376 g/mol. The summed E-state index contributed by atoms with van der Waals surface area (Å²) in [5.41, 5.74) is 6.84. The van der Waals surface area contributed by atoms with E-state index in [1.807, 2.05) is 42.6 Å². The second-order valence-electron chi connectivity index (χ2n) is 6.36. The summed E-state index contributed by atoms with van der Waals surface area (Å²) in [6.07, 6.45) is 5.18. The third-order valence-electron chi connectivity index (χ3n) is 4.89. The van der Waals surface area contributed by atoms with Gasteiger partial charge in [0, 0.05) is 45.6 Å². The standard InChI is InChI=1S/C21H13BrN2O/c22-14-9-17-18(11-24-21(17)23-10-14)16-7-3-5-13-8-12-4-1-2-6-15(12)20(25)19(13)16/h1-7,10-11H,8-9H2. The van der Waals surface area contributed by atoms with E-state index in [-0.39, 0.29) is 5.78 Å². The second kappa shape index (κ2) is 5.46. The molecule has 0 saturated carbocycles. The van der Waals surface area contributed by atoms with Crippen molar-refractivity contribution in [3.05, 3.63) is 86.5 Å². The van der Waals surface area contributed by atoms with Crippen LogP contribution in [-0.4, -0.2) is 17.8 Å². The summed E-state index contributed by atoms with van der Waals surface area (Å²) in [6, 6.07) is 14.0. The van der Waals surface area contributed by atoms with Crippen molar-refractivity contribution in [2.24, 2.45) is 9.98 Å². The fraction of sp³-hybridized carbons (Fsp3) is 0.0952. The Morgan fingerprint density at radius 1 is 0.920 bits per heavy atom. The number of halogens is 1. The number of ketones is 1. The maximum absolute atomic E-state index is 13.2. The van der Waals surface area contributed by atoms with Crippen molar-refractivity contribution < 1.29 is 4.79 Å². The SMILES string of the molecule is O=C1c2ccccc2Cc2cccc(C3=C4CC(Br)=CN=C4N=C3)c21. The predicted octanol–water partition coefficient (Wildman–Crippen LogP) is 4.70. The lowest BCUT2D eigenvalue weighted by Gasteiger charge is -2.21. The van der Waals surface area contributed by atoms with Gasteiger partial charge in [-0.3, -0.25) is 4.79 Å². The van der Waals surface area contributed by atoms with E-state index >= 15 is 0 Å². The molecular formula is C21H13BrN2O. The van der Waals surface area contributed by atoms with Gasteiger partial charge in [0.1, 0.15) is 0 Å². The average Bonchev–Trinajstić information content (AvgIpc) is 3.04. The van der Waals surface area contributed by atoms with Crippen LogP contribution in [0.5, 0.6) is 0 Å². The molecule has 0 N–H and O–H groups in total. The van der Waals surface area contributed by atoms with Crippen LogP contribution >= 0.6 is 15.9 Å². The number of nitrogens with zero attached hydrogens (tertiary/aromatic N) is 2. The minimum absolute atomic E-state index is 0.102. The summed E-state index contributed by atoms with van der Waals surface area (Å²) in [5.74, 6) is 0.851. The minimum atomic E-state index is 0.102. The molecule has 3 nitrogen and oxygen atoms in total. The summed E-state index contributed by atoms with van der Waals surface area (Å²) < 4.78 is 1.02. The first-order valence-corrected chi connectivity index (χ1v) is 8.96. The molecule has 1 aliphatic carbocycles. The molecule has 0 bridgehead atoms. The Morgan fingerprint density at radius 3 is 2.64 bits per heavy atom. The van der Waals surface area contributed by atoms with Crippen molar-refractivity contribution in [1.82, 2.24) is 0 Å². The van der Waals surface area contributed by atoms with Gasteiger partial charge in [-0.15, -0.1) is 0 Å². The molecule has 2 aliphatic heterocycles. The van der Waals surface area contributed by atoms with Crippen molar-refractivity contribution in [3.63, 3.8) is 0 Å². The van der Waals surface area contributed by atoms with Gasteiger partial charge in [0.25, 0.3) is 0 Å². The average molecular weight is 389 g/mol. The lowest BCUT2D eigenvalue weighted by atomic mass is 9.80. The van der Waals surface area contributed by atoms with Gasteiger partial charge >= 0.3 is 0 Å². The Labute approximate surface area is 153 Å². The number of carbonyl (C=O) groups is 1. The van der Waals surface area contributed by atoms with Gasteiger partial charge in [0.05, 0.1) is 0 Å². The first-order valence-electron chi connectivity index (χ1n) is 8.17. The molecule has 0 fully saturated rings. The minimum Gasteiger partial charge on any atom is -0.289 e. The quantitative estimate of drug-likeness (QED) is 0.595. The van der Waals surface area contributed by atoms with Crippen molar-refractivity contribution in [2.75, 3.05) is 0 Å². The zero-order valence-corrected chi connectivity index (χ0v) is 14.9. The van der Waals surface area contributed by atoms with Crippen LogP contribution < -0.4 is 0 Å². The number of carbonyl (C=O) groups excluding carboxylic acids is 1. The zero-order valence-electron chi connectivity index (χ0n) is 13.3. The molecule has 0 aromatic heterocycles. The number of rotatable bonds is 1. The molecule has 0 unspecified atom stereocenters. The van der Waals surface area contributed by atoms with Gasteiger partial charge in [0.15, 0.2) is 11.6 Å². The normalized spacial score (nSPS) is 17.7. The smallest absolute Gasteiger partial charge is 0.194 e. The molecule has 0 saturated heterocycles. The molecule has 3 aliphatic rings. The molecule has 120 valence electrons. The maximum Gasteiger partial charge on any atom is 0.194 e. The van der Waals surface area contributed by atoms with Crippen molar-refractivity contribution in [1.29, 1.82) is 0 Å². The van der Waals surface area contributed by atoms with E-state index in [9.17, 15) is 4.79 Å². The predicted molar refractivity (Wildman–Crippen MR) is 104 cm³/mol. The summed E-state index contributed by atoms with van der Waals surface area (Å²) in [7, 11) is 0. The third-order valence-corrected chi connectivity index (χ3v) is 5.38. The van der Waals surface area contributed by atoms with Gasteiger partial charge in [0.2, 0.25) is 0 Å². The lowest BCUT2D eigenvalue weighted by molar-refractivity contribution is 0.103. The van der Waals surface area contributed by atoms with E-state index < -0.39 is 0 Å².